The fourth-order valence-corrected chi connectivity index (χ4v) is 3.72. The van der Waals surface area contributed by atoms with Crippen molar-refractivity contribution < 1.29 is 22.7 Å². The van der Waals surface area contributed by atoms with Gasteiger partial charge in [0.1, 0.15) is 5.82 Å². The highest BCUT2D eigenvalue weighted by Gasteiger charge is 2.23. The van der Waals surface area contributed by atoms with Crippen LogP contribution in [0.3, 0.4) is 0 Å². The molecule has 0 radical (unpaired) electrons. The lowest BCUT2D eigenvalue weighted by Crippen LogP contribution is -2.28. The second kappa shape index (κ2) is 9.42. The van der Waals surface area contributed by atoms with Gasteiger partial charge in [0.05, 0.1) is 29.9 Å². The average molecular weight is 450 g/mol. The van der Waals surface area contributed by atoms with Gasteiger partial charge in [0.25, 0.3) is 0 Å². The van der Waals surface area contributed by atoms with E-state index < -0.39 is 16.1 Å². The third-order valence-corrected chi connectivity index (χ3v) is 6.33. The van der Waals surface area contributed by atoms with Gasteiger partial charge in [-0.25, -0.2) is 27.1 Å². The number of benzene rings is 1. The summed E-state index contributed by atoms with van der Waals surface area (Å²) in [4.78, 5) is 9.07. The number of anilines is 1. The second-order valence-electron chi connectivity index (χ2n) is 8.01. The van der Waals surface area contributed by atoms with Crippen molar-refractivity contribution >= 4 is 22.0 Å². The minimum atomic E-state index is -3.57. The van der Waals surface area contributed by atoms with Crippen molar-refractivity contribution in [2.24, 2.45) is 0 Å². The Bertz CT molecular complexity index is 1060. The number of ether oxygens (including phenoxy) is 1. The molecule has 2 atom stereocenters. The van der Waals surface area contributed by atoms with Crippen LogP contribution in [0.4, 0.5) is 10.3 Å². The van der Waals surface area contributed by atoms with Crippen molar-refractivity contribution in [1.82, 2.24) is 9.97 Å². The summed E-state index contributed by atoms with van der Waals surface area (Å²) < 4.78 is 44.5. The van der Waals surface area contributed by atoms with E-state index in [1.165, 1.54) is 19.2 Å². The molecule has 2 heterocycles. The molecule has 1 fully saturated rings. The molecule has 3 rings (SSSR count). The topological polar surface area (TPSA) is 92.6 Å². The maximum absolute atomic E-state index is 13.5. The number of halogens is 1. The standard InChI is InChI=1S/C22H28FN3O4S/c1-14(2)20-19(10-9-18-13-17(27)11-12-30-18)21(15-5-7-16(23)8-6-15)25-22(24-20)26(3)31(4,28)29/h5-10,14,17-18,27H,11-13H2,1-4H3/b10-9+. The van der Waals surface area contributed by atoms with Gasteiger partial charge in [-0.2, -0.15) is 0 Å². The number of aromatic nitrogens is 2. The summed E-state index contributed by atoms with van der Waals surface area (Å²) >= 11 is 0. The molecule has 0 saturated carbocycles. The lowest BCUT2D eigenvalue weighted by atomic mass is 9.97. The van der Waals surface area contributed by atoms with E-state index in [1.807, 2.05) is 26.0 Å². The molecule has 1 aromatic carbocycles. The zero-order chi connectivity index (χ0) is 22.8. The van der Waals surface area contributed by atoms with E-state index in [0.29, 0.717) is 42.0 Å². The van der Waals surface area contributed by atoms with Gasteiger partial charge < -0.3 is 9.84 Å². The lowest BCUT2D eigenvalue weighted by Gasteiger charge is -2.24. The van der Waals surface area contributed by atoms with Crippen LogP contribution in [0.5, 0.6) is 0 Å². The van der Waals surface area contributed by atoms with Crippen molar-refractivity contribution in [2.45, 2.75) is 44.8 Å². The Morgan fingerprint density at radius 2 is 1.94 bits per heavy atom. The largest absolute Gasteiger partial charge is 0.393 e. The van der Waals surface area contributed by atoms with Crippen LogP contribution in [0, 0.1) is 5.82 Å². The van der Waals surface area contributed by atoms with Gasteiger partial charge in [-0.05, 0) is 36.6 Å². The number of nitrogens with zero attached hydrogens (tertiary/aromatic N) is 3. The number of hydrogen-bond donors (Lipinski definition) is 1. The van der Waals surface area contributed by atoms with Crippen molar-refractivity contribution in [3.8, 4) is 11.3 Å². The van der Waals surface area contributed by atoms with E-state index >= 15 is 0 Å². The van der Waals surface area contributed by atoms with Crippen LogP contribution in [0.2, 0.25) is 0 Å². The Kier molecular flexibility index (Phi) is 7.08. The Labute approximate surface area is 182 Å². The van der Waals surface area contributed by atoms with Gasteiger partial charge in [-0.15, -0.1) is 0 Å². The maximum atomic E-state index is 13.5. The fraction of sp³-hybridized carbons (Fsp3) is 0.455. The van der Waals surface area contributed by atoms with E-state index in [4.69, 9.17) is 4.74 Å². The second-order valence-corrected chi connectivity index (χ2v) is 10.0. The van der Waals surface area contributed by atoms with E-state index in [2.05, 4.69) is 9.97 Å². The number of rotatable bonds is 6. The summed E-state index contributed by atoms with van der Waals surface area (Å²) in [5, 5.41) is 9.92. The van der Waals surface area contributed by atoms with Crippen LogP contribution in [0.15, 0.2) is 30.3 Å². The zero-order valence-corrected chi connectivity index (χ0v) is 18.9. The number of aliphatic hydroxyl groups is 1. The average Bonchev–Trinajstić information content (AvgIpc) is 2.71. The Hall–Kier alpha value is -2.36. The predicted molar refractivity (Wildman–Crippen MR) is 119 cm³/mol. The first kappa shape index (κ1) is 23.3. The minimum Gasteiger partial charge on any atom is -0.393 e. The van der Waals surface area contributed by atoms with E-state index in [9.17, 15) is 17.9 Å². The van der Waals surface area contributed by atoms with E-state index in [1.54, 1.807) is 12.1 Å². The molecular weight excluding hydrogens is 421 g/mol. The molecule has 1 saturated heterocycles. The van der Waals surface area contributed by atoms with Gasteiger partial charge in [0.15, 0.2) is 0 Å². The Morgan fingerprint density at radius 3 is 2.52 bits per heavy atom. The van der Waals surface area contributed by atoms with Gasteiger partial charge >= 0.3 is 0 Å². The molecule has 7 nitrogen and oxygen atoms in total. The normalized spacial score (nSPS) is 19.8. The molecule has 1 aliphatic heterocycles. The Morgan fingerprint density at radius 1 is 1.26 bits per heavy atom. The highest BCUT2D eigenvalue weighted by Crippen LogP contribution is 2.32. The molecule has 2 unspecified atom stereocenters. The quantitative estimate of drug-likeness (QED) is 0.727. The molecule has 31 heavy (non-hydrogen) atoms. The Balaban J connectivity index is 2.17. The highest BCUT2D eigenvalue weighted by molar-refractivity contribution is 7.92. The highest BCUT2D eigenvalue weighted by atomic mass is 32.2. The van der Waals surface area contributed by atoms with Crippen molar-refractivity contribution in [3.63, 3.8) is 0 Å². The van der Waals surface area contributed by atoms with Crippen molar-refractivity contribution in [1.29, 1.82) is 0 Å². The van der Waals surface area contributed by atoms with Gasteiger partial charge in [0.2, 0.25) is 16.0 Å². The van der Waals surface area contributed by atoms with Crippen LogP contribution in [-0.4, -0.2) is 55.6 Å². The summed E-state index contributed by atoms with van der Waals surface area (Å²) in [5.41, 5.74) is 2.50. The van der Waals surface area contributed by atoms with Gasteiger partial charge in [-0.3, -0.25) is 0 Å². The molecule has 1 aliphatic rings. The van der Waals surface area contributed by atoms with Crippen LogP contribution >= 0.6 is 0 Å². The molecule has 0 bridgehead atoms. The van der Waals surface area contributed by atoms with Crippen LogP contribution < -0.4 is 4.31 Å². The molecule has 0 aliphatic carbocycles. The molecule has 2 aromatic rings. The number of aliphatic hydroxyl groups excluding tert-OH is 1. The first-order valence-electron chi connectivity index (χ1n) is 10.2. The summed E-state index contributed by atoms with van der Waals surface area (Å²) in [6, 6.07) is 5.87. The third kappa shape index (κ3) is 5.66. The molecule has 0 spiro atoms. The predicted octanol–water partition coefficient (Wildman–Crippen LogP) is 3.36. The van der Waals surface area contributed by atoms with Gasteiger partial charge in [-0.1, -0.05) is 26.0 Å². The summed E-state index contributed by atoms with van der Waals surface area (Å²) in [5.74, 6) is -0.365. The molecule has 1 aromatic heterocycles. The zero-order valence-electron chi connectivity index (χ0n) is 18.1. The number of sulfonamides is 1. The summed E-state index contributed by atoms with van der Waals surface area (Å²) in [6.07, 6.45) is 5.24. The molecular formula is C22H28FN3O4S. The lowest BCUT2D eigenvalue weighted by molar-refractivity contribution is -0.0207. The summed E-state index contributed by atoms with van der Waals surface area (Å²) in [6.45, 7) is 4.39. The smallest absolute Gasteiger partial charge is 0.239 e. The van der Waals surface area contributed by atoms with Crippen LogP contribution in [-0.2, 0) is 14.8 Å². The molecule has 168 valence electrons. The SMILES string of the molecule is CC(C)c1nc(N(C)S(C)(=O)=O)nc(-c2ccc(F)cc2)c1/C=C/C1CC(O)CCO1. The minimum absolute atomic E-state index is 0.0357. The van der Waals surface area contributed by atoms with Crippen molar-refractivity contribution in [2.75, 3.05) is 24.2 Å². The van der Waals surface area contributed by atoms with Crippen LogP contribution in [0.1, 0.15) is 43.9 Å². The molecule has 1 N–H and O–H groups in total. The first-order valence-corrected chi connectivity index (χ1v) is 12.0. The van der Waals surface area contributed by atoms with Crippen molar-refractivity contribution in [3.05, 3.63) is 47.4 Å². The van der Waals surface area contributed by atoms with Crippen LogP contribution in [0.25, 0.3) is 17.3 Å². The first-order chi connectivity index (χ1) is 14.6. The molecule has 0 amide bonds. The fourth-order valence-electron chi connectivity index (χ4n) is 3.34. The third-order valence-electron chi connectivity index (χ3n) is 5.17. The summed E-state index contributed by atoms with van der Waals surface area (Å²) in [7, 11) is -2.17. The van der Waals surface area contributed by atoms with E-state index in [0.717, 1.165) is 10.6 Å². The monoisotopic (exact) mass is 449 g/mol. The number of hydrogen-bond acceptors (Lipinski definition) is 6. The van der Waals surface area contributed by atoms with Gasteiger partial charge in [0, 0.05) is 31.2 Å². The maximum Gasteiger partial charge on any atom is 0.239 e. The van der Waals surface area contributed by atoms with E-state index in [-0.39, 0.29) is 23.8 Å². The molecule has 9 heteroatoms.